The highest BCUT2D eigenvalue weighted by molar-refractivity contribution is 5.90. The summed E-state index contributed by atoms with van der Waals surface area (Å²) in [6.45, 7) is 3.08. The molecule has 1 atom stereocenters. The third-order valence-electron chi connectivity index (χ3n) is 4.01. The molecule has 0 heterocycles. The maximum atomic E-state index is 13.6. The molecule has 1 fully saturated rings. The van der Waals surface area contributed by atoms with Crippen LogP contribution in [0.2, 0.25) is 0 Å². The lowest BCUT2D eigenvalue weighted by atomic mass is 9.95. The van der Waals surface area contributed by atoms with E-state index in [1.54, 1.807) is 13.0 Å². The summed E-state index contributed by atoms with van der Waals surface area (Å²) in [5, 5.41) is 8.52. The van der Waals surface area contributed by atoms with Gasteiger partial charge in [-0.05, 0) is 38.0 Å². The summed E-state index contributed by atoms with van der Waals surface area (Å²) in [6, 6.07) is 4.11. The van der Waals surface area contributed by atoms with Crippen LogP contribution in [0.1, 0.15) is 46.0 Å². The Balaban J connectivity index is 1.94. The number of carbonyl (C=O) groups excluding carboxylic acids is 2. The van der Waals surface area contributed by atoms with Crippen molar-refractivity contribution in [3.63, 3.8) is 0 Å². The van der Waals surface area contributed by atoms with Crippen LogP contribution in [0, 0.1) is 5.82 Å². The highest BCUT2D eigenvalue weighted by atomic mass is 19.1. The van der Waals surface area contributed by atoms with E-state index in [0.29, 0.717) is 5.69 Å². The van der Waals surface area contributed by atoms with E-state index in [-0.39, 0.29) is 23.5 Å². The number of rotatable bonds is 5. The fourth-order valence-electron chi connectivity index (χ4n) is 2.79. The summed E-state index contributed by atoms with van der Waals surface area (Å²) in [7, 11) is 0. The molecule has 1 saturated carbocycles. The van der Waals surface area contributed by atoms with Crippen molar-refractivity contribution in [1.29, 1.82) is 0 Å². The summed E-state index contributed by atoms with van der Waals surface area (Å²) in [5.41, 5.74) is 0.684. The lowest BCUT2D eigenvalue weighted by Gasteiger charge is -2.25. The normalized spacial score (nSPS) is 16.5. The van der Waals surface area contributed by atoms with E-state index >= 15 is 0 Å². The van der Waals surface area contributed by atoms with E-state index in [0.717, 1.165) is 25.7 Å². The van der Waals surface area contributed by atoms with E-state index in [2.05, 4.69) is 16.0 Å². The van der Waals surface area contributed by atoms with Crippen LogP contribution in [-0.2, 0) is 9.59 Å². The summed E-state index contributed by atoms with van der Waals surface area (Å²) >= 11 is 0. The Morgan fingerprint density at radius 1 is 1.22 bits per heavy atom. The van der Waals surface area contributed by atoms with Gasteiger partial charge in [-0.15, -0.1) is 0 Å². The standard InChI is InChI=1S/C17H24FN3O2/c1-11(17(23)21-13-6-4-3-5-7-13)19-14-8-9-15(18)16(10-14)20-12(2)22/h8-11,13,19H,3-7H2,1-2H3,(H,20,22)(H,21,23)/t11-/m1/s1. The van der Waals surface area contributed by atoms with Gasteiger partial charge in [0.15, 0.2) is 0 Å². The van der Waals surface area contributed by atoms with Gasteiger partial charge in [0.25, 0.3) is 0 Å². The Labute approximate surface area is 136 Å². The molecule has 3 N–H and O–H groups in total. The molecule has 5 nitrogen and oxygen atoms in total. The van der Waals surface area contributed by atoms with Gasteiger partial charge in [0, 0.05) is 18.7 Å². The van der Waals surface area contributed by atoms with Gasteiger partial charge < -0.3 is 16.0 Å². The van der Waals surface area contributed by atoms with Crippen molar-refractivity contribution in [1.82, 2.24) is 5.32 Å². The second-order valence-corrected chi connectivity index (χ2v) is 6.09. The van der Waals surface area contributed by atoms with Gasteiger partial charge in [0.2, 0.25) is 11.8 Å². The fraction of sp³-hybridized carbons (Fsp3) is 0.529. The maximum absolute atomic E-state index is 13.6. The minimum Gasteiger partial charge on any atom is -0.374 e. The minimum atomic E-state index is -0.509. The molecule has 1 aromatic carbocycles. The molecule has 0 saturated heterocycles. The van der Waals surface area contributed by atoms with Gasteiger partial charge in [-0.25, -0.2) is 4.39 Å². The van der Waals surface area contributed by atoms with Crippen molar-refractivity contribution < 1.29 is 14.0 Å². The molecule has 1 aromatic rings. The summed E-state index contributed by atoms with van der Waals surface area (Å²) in [5.74, 6) is -0.920. The first-order valence-corrected chi connectivity index (χ1v) is 8.10. The molecule has 0 aliphatic heterocycles. The Hall–Kier alpha value is -2.11. The molecule has 0 unspecified atom stereocenters. The lowest BCUT2D eigenvalue weighted by molar-refractivity contribution is -0.122. The first kappa shape index (κ1) is 17.2. The Morgan fingerprint density at radius 2 is 1.91 bits per heavy atom. The number of carbonyl (C=O) groups is 2. The summed E-state index contributed by atoms with van der Waals surface area (Å²) < 4.78 is 13.6. The molecule has 0 spiro atoms. The number of anilines is 2. The van der Waals surface area contributed by atoms with E-state index < -0.39 is 11.9 Å². The zero-order valence-corrected chi connectivity index (χ0v) is 13.6. The number of hydrogen-bond donors (Lipinski definition) is 3. The van der Waals surface area contributed by atoms with Crippen molar-refractivity contribution in [2.45, 2.75) is 58.0 Å². The van der Waals surface area contributed by atoms with Crippen LogP contribution in [0.5, 0.6) is 0 Å². The van der Waals surface area contributed by atoms with E-state index in [4.69, 9.17) is 0 Å². The number of amides is 2. The highest BCUT2D eigenvalue weighted by Crippen LogP contribution is 2.21. The third-order valence-corrected chi connectivity index (χ3v) is 4.01. The number of benzene rings is 1. The number of halogens is 1. The lowest BCUT2D eigenvalue weighted by Crippen LogP contribution is -2.44. The minimum absolute atomic E-state index is 0.0673. The van der Waals surface area contributed by atoms with Gasteiger partial charge in [0.1, 0.15) is 11.9 Å². The van der Waals surface area contributed by atoms with Crippen LogP contribution >= 0.6 is 0 Å². The Bertz CT molecular complexity index is 571. The first-order valence-electron chi connectivity index (χ1n) is 8.10. The molecule has 0 radical (unpaired) electrons. The first-order chi connectivity index (χ1) is 11.0. The molecule has 23 heavy (non-hydrogen) atoms. The van der Waals surface area contributed by atoms with Gasteiger partial charge in [-0.2, -0.15) is 0 Å². The highest BCUT2D eigenvalue weighted by Gasteiger charge is 2.19. The molecule has 6 heteroatoms. The van der Waals surface area contributed by atoms with E-state index in [1.807, 2.05) is 0 Å². The Kier molecular flexibility index (Phi) is 5.96. The van der Waals surface area contributed by atoms with Crippen molar-refractivity contribution in [3.8, 4) is 0 Å². The van der Waals surface area contributed by atoms with Crippen LogP contribution in [-0.4, -0.2) is 23.9 Å². The SMILES string of the molecule is CC(=O)Nc1cc(N[C@H](C)C(=O)NC2CCCCC2)ccc1F. The quantitative estimate of drug-likeness (QED) is 0.781. The monoisotopic (exact) mass is 321 g/mol. The van der Waals surface area contributed by atoms with Gasteiger partial charge >= 0.3 is 0 Å². The van der Waals surface area contributed by atoms with Gasteiger partial charge in [-0.3, -0.25) is 9.59 Å². The third kappa shape index (κ3) is 5.23. The molecule has 1 aliphatic rings. The largest absolute Gasteiger partial charge is 0.374 e. The number of nitrogens with one attached hydrogen (secondary N) is 3. The molecular formula is C17H24FN3O2. The molecule has 0 aromatic heterocycles. The number of hydrogen-bond acceptors (Lipinski definition) is 3. The average Bonchev–Trinajstić information content (AvgIpc) is 2.51. The van der Waals surface area contributed by atoms with Crippen molar-refractivity contribution in [2.24, 2.45) is 0 Å². The second kappa shape index (κ2) is 7.94. The van der Waals surface area contributed by atoms with Crippen molar-refractivity contribution >= 4 is 23.2 Å². The zero-order chi connectivity index (χ0) is 16.8. The van der Waals surface area contributed by atoms with Crippen LogP contribution in [0.15, 0.2) is 18.2 Å². The smallest absolute Gasteiger partial charge is 0.242 e. The van der Waals surface area contributed by atoms with Crippen LogP contribution in [0.3, 0.4) is 0 Å². The van der Waals surface area contributed by atoms with Crippen molar-refractivity contribution in [2.75, 3.05) is 10.6 Å². The summed E-state index contributed by atoms with van der Waals surface area (Å²) in [6.07, 6.45) is 5.61. The second-order valence-electron chi connectivity index (χ2n) is 6.09. The Morgan fingerprint density at radius 3 is 2.57 bits per heavy atom. The fourth-order valence-corrected chi connectivity index (χ4v) is 2.79. The predicted molar refractivity (Wildman–Crippen MR) is 88.8 cm³/mol. The zero-order valence-electron chi connectivity index (χ0n) is 13.6. The topological polar surface area (TPSA) is 70.2 Å². The molecule has 2 rings (SSSR count). The van der Waals surface area contributed by atoms with E-state index in [1.165, 1.54) is 25.5 Å². The summed E-state index contributed by atoms with van der Waals surface area (Å²) in [4.78, 5) is 23.3. The van der Waals surface area contributed by atoms with Crippen LogP contribution in [0.25, 0.3) is 0 Å². The molecule has 1 aliphatic carbocycles. The van der Waals surface area contributed by atoms with Crippen molar-refractivity contribution in [3.05, 3.63) is 24.0 Å². The molecular weight excluding hydrogens is 297 g/mol. The van der Waals surface area contributed by atoms with E-state index in [9.17, 15) is 14.0 Å². The predicted octanol–water partition coefficient (Wildman–Crippen LogP) is 3.03. The molecule has 0 bridgehead atoms. The van der Waals surface area contributed by atoms with Crippen LogP contribution in [0.4, 0.5) is 15.8 Å². The average molecular weight is 321 g/mol. The van der Waals surface area contributed by atoms with Crippen LogP contribution < -0.4 is 16.0 Å². The maximum Gasteiger partial charge on any atom is 0.242 e. The molecule has 126 valence electrons. The molecule has 2 amide bonds. The van der Waals surface area contributed by atoms with Gasteiger partial charge in [-0.1, -0.05) is 19.3 Å². The van der Waals surface area contributed by atoms with Gasteiger partial charge in [0.05, 0.1) is 5.69 Å².